The minimum atomic E-state index is -0.365. The van der Waals surface area contributed by atoms with Gasteiger partial charge in [-0.2, -0.15) is 0 Å². The van der Waals surface area contributed by atoms with E-state index in [2.05, 4.69) is 21.8 Å². The molecule has 128 valence electrons. The van der Waals surface area contributed by atoms with Crippen molar-refractivity contribution in [3.8, 4) is 0 Å². The lowest BCUT2D eigenvalue weighted by Crippen LogP contribution is -2.34. The Morgan fingerprint density at radius 1 is 1.04 bits per heavy atom. The van der Waals surface area contributed by atoms with Crippen molar-refractivity contribution in [2.45, 2.75) is 19.7 Å². The summed E-state index contributed by atoms with van der Waals surface area (Å²) in [5, 5.41) is 2.78. The summed E-state index contributed by atoms with van der Waals surface area (Å²) in [7, 11) is 0. The molecule has 0 bridgehead atoms. The van der Waals surface area contributed by atoms with Crippen LogP contribution in [0.15, 0.2) is 73.3 Å². The van der Waals surface area contributed by atoms with E-state index in [1.807, 2.05) is 59.3 Å². The van der Waals surface area contributed by atoms with Crippen LogP contribution in [0, 0.1) is 0 Å². The van der Waals surface area contributed by atoms with Crippen molar-refractivity contribution >= 4 is 6.03 Å². The molecule has 0 aliphatic rings. The van der Waals surface area contributed by atoms with Crippen LogP contribution in [-0.4, -0.2) is 15.6 Å². The number of aromatic nitrogens is 2. The maximum atomic E-state index is 11.8. The third kappa shape index (κ3) is 5.47. The summed E-state index contributed by atoms with van der Waals surface area (Å²) in [4.78, 5) is 21.0. The molecule has 1 heterocycles. The molecule has 0 spiro atoms. The second-order valence-corrected chi connectivity index (χ2v) is 5.61. The molecule has 0 saturated heterocycles. The molecule has 0 aliphatic carbocycles. The van der Waals surface area contributed by atoms with Crippen molar-refractivity contribution in [1.82, 2.24) is 20.3 Å². The second-order valence-electron chi connectivity index (χ2n) is 5.61. The number of carbonyl (C=O) groups is 1. The number of benzene rings is 2. The van der Waals surface area contributed by atoms with Gasteiger partial charge in [-0.3, -0.25) is 4.84 Å². The fourth-order valence-electron chi connectivity index (χ4n) is 2.41. The standard InChI is InChI=1S/C19H20N4O2/c24-19(22-25-14-16-5-2-1-3-6-16)21-12-17-7-4-8-18(11-17)13-23-10-9-20-15-23/h1-11,15H,12-14H2,(H2,21,22,24). The number of carbonyl (C=O) groups excluding carboxylic acids is 1. The average Bonchev–Trinajstić information content (AvgIpc) is 3.14. The van der Waals surface area contributed by atoms with Gasteiger partial charge in [0.05, 0.1) is 12.9 Å². The normalized spacial score (nSPS) is 10.4. The first-order chi connectivity index (χ1) is 12.3. The van der Waals surface area contributed by atoms with E-state index in [9.17, 15) is 4.79 Å². The van der Waals surface area contributed by atoms with Gasteiger partial charge in [0, 0.05) is 25.5 Å². The van der Waals surface area contributed by atoms with Gasteiger partial charge < -0.3 is 9.88 Å². The summed E-state index contributed by atoms with van der Waals surface area (Å²) < 4.78 is 2.00. The summed E-state index contributed by atoms with van der Waals surface area (Å²) in [5.74, 6) is 0. The quantitative estimate of drug-likeness (QED) is 0.652. The lowest BCUT2D eigenvalue weighted by molar-refractivity contribution is 0.0490. The van der Waals surface area contributed by atoms with E-state index in [4.69, 9.17) is 4.84 Å². The summed E-state index contributed by atoms with van der Waals surface area (Å²) in [5.41, 5.74) is 5.56. The lowest BCUT2D eigenvalue weighted by atomic mass is 10.1. The predicted octanol–water partition coefficient (Wildman–Crippen LogP) is 2.86. The fraction of sp³-hybridized carbons (Fsp3) is 0.158. The highest BCUT2D eigenvalue weighted by Gasteiger charge is 2.02. The lowest BCUT2D eigenvalue weighted by Gasteiger charge is -2.09. The van der Waals surface area contributed by atoms with Crippen LogP contribution >= 0.6 is 0 Å². The summed E-state index contributed by atoms with van der Waals surface area (Å²) in [6.45, 7) is 1.51. The van der Waals surface area contributed by atoms with Crippen LogP contribution in [-0.2, 0) is 24.5 Å². The number of imidazole rings is 1. The highest BCUT2D eigenvalue weighted by Crippen LogP contribution is 2.07. The van der Waals surface area contributed by atoms with Crippen molar-refractivity contribution in [3.05, 3.63) is 90.0 Å². The Morgan fingerprint density at radius 2 is 1.84 bits per heavy atom. The van der Waals surface area contributed by atoms with Crippen molar-refractivity contribution in [3.63, 3.8) is 0 Å². The van der Waals surface area contributed by atoms with Crippen molar-refractivity contribution in [1.29, 1.82) is 0 Å². The number of nitrogens with zero attached hydrogens (tertiary/aromatic N) is 2. The third-order valence-electron chi connectivity index (χ3n) is 3.62. The number of amides is 2. The van der Waals surface area contributed by atoms with Gasteiger partial charge in [-0.25, -0.2) is 15.3 Å². The molecule has 2 aromatic carbocycles. The monoisotopic (exact) mass is 336 g/mol. The Hall–Kier alpha value is -3.12. The summed E-state index contributed by atoms with van der Waals surface area (Å²) in [6.07, 6.45) is 5.45. The largest absolute Gasteiger partial charge is 0.338 e. The van der Waals surface area contributed by atoms with Gasteiger partial charge in [0.1, 0.15) is 0 Å². The molecule has 3 rings (SSSR count). The first kappa shape index (κ1) is 16.7. The molecule has 25 heavy (non-hydrogen) atoms. The van der Waals surface area contributed by atoms with Gasteiger partial charge in [0.25, 0.3) is 0 Å². The Bertz CT molecular complexity index is 788. The van der Waals surface area contributed by atoms with E-state index < -0.39 is 0 Å². The molecule has 0 saturated carbocycles. The number of hydrogen-bond donors (Lipinski definition) is 2. The SMILES string of the molecule is O=C(NCc1cccc(Cn2ccnc2)c1)NOCc1ccccc1. The maximum Gasteiger partial charge on any atom is 0.338 e. The molecule has 2 N–H and O–H groups in total. The minimum Gasteiger partial charge on any atom is -0.333 e. The number of rotatable bonds is 7. The molecule has 3 aromatic rings. The second kappa shape index (κ2) is 8.65. The van der Waals surface area contributed by atoms with Gasteiger partial charge in [-0.05, 0) is 16.7 Å². The molecular formula is C19H20N4O2. The first-order valence-corrected chi connectivity index (χ1v) is 8.03. The highest BCUT2D eigenvalue weighted by molar-refractivity contribution is 5.72. The Kier molecular flexibility index (Phi) is 5.79. The van der Waals surface area contributed by atoms with Gasteiger partial charge in [-0.15, -0.1) is 0 Å². The van der Waals surface area contributed by atoms with Crippen molar-refractivity contribution in [2.24, 2.45) is 0 Å². The minimum absolute atomic E-state index is 0.328. The number of hydroxylamine groups is 1. The van der Waals surface area contributed by atoms with Crippen LogP contribution in [0.4, 0.5) is 4.79 Å². The number of nitrogens with one attached hydrogen (secondary N) is 2. The molecule has 6 nitrogen and oxygen atoms in total. The molecule has 6 heteroatoms. The zero-order valence-corrected chi connectivity index (χ0v) is 13.8. The topological polar surface area (TPSA) is 68.2 Å². The van der Waals surface area contributed by atoms with Gasteiger partial charge >= 0.3 is 6.03 Å². The summed E-state index contributed by atoms with van der Waals surface area (Å²) in [6, 6.07) is 17.4. The van der Waals surface area contributed by atoms with E-state index in [1.165, 1.54) is 0 Å². The van der Waals surface area contributed by atoms with Gasteiger partial charge in [0.15, 0.2) is 0 Å². The molecule has 0 atom stereocenters. The summed E-state index contributed by atoms with van der Waals surface area (Å²) >= 11 is 0. The van der Waals surface area contributed by atoms with Gasteiger partial charge in [-0.1, -0.05) is 54.6 Å². The van der Waals surface area contributed by atoms with E-state index in [1.54, 1.807) is 12.5 Å². The Labute approximate surface area is 146 Å². The maximum absolute atomic E-state index is 11.8. The van der Waals surface area contributed by atoms with Crippen LogP contribution in [0.25, 0.3) is 0 Å². The van der Waals surface area contributed by atoms with Crippen LogP contribution in [0.3, 0.4) is 0 Å². The predicted molar refractivity (Wildman–Crippen MR) is 94.4 cm³/mol. The molecule has 0 radical (unpaired) electrons. The smallest absolute Gasteiger partial charge is 0.333 e. The van der Waals surface area contributed by atoms with E-state index in [0.29, 0.717) is 13.2 Å². The fourth-order valence-corrected chi connectivity index (χ4v) is 2.41. The molecule has 2 amide bonds. The highest BCUT2D eigenvalue weighted by atomic mass is 16.7. The molecule has 0 aliphatic heterocycles. The van der Waals surface area contributed by atoms with E-state index in [-0.39, 0.29) is 6.03 Å². The first-order valence-electron chi connectivity index (χ1n) is 8.03. The Morgan fingerprint density at radius 3 is 2.64 bits per heavy atom. The van der Waals surface area contributed by atoms with Crippen LogP contribution < -0.4 is 10.8 Å². The van der Waals surface area contributed by atoms with Crippen molar-refractivity contribution < 1.29 is 9.63 Å². The molecule has 1 aromatic heterocycles. The Balaban J connectivity index is 1.42. The third-order valence-corrected chi connectivity index (χ3v) is 3.62. The average molecular weight is 336 g/mol. The van der Waals surface area contributed by atoms with Crippen LogP contribution in [0.5, 0.6) is 0 Å². The number of hydrogen-bond acceptors (Lipinski definition) is 3. The zero-order valence-electron chi connectivity index (χ0n) is 13.8. The van der Waals surface area contributed by atoms with Gasteiger partial charge in [0.2, 0.25) is 0 Å². The zero-order chi connectivity index (χ0) is 17.3. The van der Waals surface area contributed by atoms with Crippen molar-refractivity contribution in [2.75, 3.05) is 0 Å². The van der Waals surface area contributed by atoms with Crippen LogP contribution in [0.2, 0.25) is 0 Å². The van der Waals surface area contributed by atoms with E-state index in [0.717, 1.165) is 23.2 Å². The van der Waals surface area contributed by atoms with Crippen LogP contribution in [0.1, 0.15) is 16.7 Å². The number of urea groups is 1. The van der Waals surface area contributed by atoms with E-state index >= 15 is 0 Å². The molecule has 0 fully saturated rings. The molecular weight excluding hydrogens is 316 g/mol. The molecule has 0 unspecified atom stereocenters.